The maximum absolute atomic E-state index is 5.67. The molecule has 0 spiro atoms. The van der Waals surface area contributed by atoms with Crippen LogP contribution in [-0.2, 0) is 19.3 Å². The molecule has 0 saturated heterocycles. The quantitative estimate of drug-likeness (QED) is 0.824. The number of anilines is 2. The normalized spacial score (nSPS) is 13.3. The Morgan fingerprint density at radius 1 is 1.05 bits per heavy atom. The molecule has 0 atom stereocenters. The van der Waals surface area contributed by atoms with Gasteiger partial charge in [-0.15, -0.1) is 0 Å². The third-order valence-corrected chi connectivity index (χ3v) is 3.63. The fourth-order valence-corrected chi connectivity index (χ4v) is 2.54. The molecule has 0 radical (unpaired) electrons. The Labute approximate surface area is 113 Å². The van der Waals surface area contributed by atoms with Gasteiger partial charge in [-0.05, 0) is 55.0 Å². The Bertz CT molecular complexity index is 561. The van der Waals surface area contributed by atoms with Gasteiger partial charge in [-0.1, -0.05) is 18.2 Å². The Hall–Kier alpha value is -2.03. The first-order chi connectivity index (χ1) is 9.31. The van der Waals surface area contributed by atoms with Crippen LogP contribution in [-0.4, -0.2) is 11.5 Å². The maximum Gasteiger partial charge on any atom is 0.126 e. The minimum Gasteiger partial charge on any atom is -0.399 e. The van der Waals surface area contributed by atoms with E-state index in [1.165, 1.54) is 29.7 Å². The van der Waals surface area contributed by atoms with Gasteiger partial charge in [0.15, 0.2) is 0 Å². The third-order valence-electron chi connectivity index (χ3n) is 3.63. The predicted octanol–water partition coefficient (Wildman–Crippen LogP) is 2.81. The van der Waals surface area contributed by atoms with Crippen molar-refractivity contribution in [2.75, 3.05) is 17.6 Å². The smallest absolute Gasteiger partial charge is 0.126 e. The molecule has 0 fully saturated rings. The maximum atomic E-state index is 5.67. The molecule has 1 heterocycles. The molecule has 2 aromatic rings. The average molecular weight is 253 g/mol. The first-order valence-corrected chi connectivity index (χ1v) is 6.88. The van der Waals surface area contributed by atoms with Crippen LogP contribution >= 0.6 is 0 Å². The largest absolute Gasteiger partial charge is 0.399 e. The zero-order valence-electron chi connectivity index (χ0n) is 11.0. The fraction of sp³-hybridized carbons (Fsp3) is 0.312. The Morgan fingerprint density at radius 2 is 1.89 bits per heavy atom. The zero-order valence-corrected chi connectivity index (χ0v) is 11.0. The van der Waals surface area contributed by atoms with Gasteiger partial charge in [-0.25, -0.2) is 4.98 Å². The highest BCUT2D eigenvalue weighted by Crippen LogP contribution is 2.21. The van der Waals surface area contributed by atoms with Crippen molar-refractivity contribution < 1.29 is 0 Å². The number of hydrogen-bond acceptors (Lipinski definition) is 3. The van der Waals surface area contributed by atoms with Crippen molar-refractivity contribution >= 4 is 11.5 Å². The molecule has 3 rings (SSSR count). The van der Waals surface area contributed by atoms with E-state index in [1.54, 1.807) is 0 Å². The molecule has 1 aromatic carbocycles. The van der Waals surface area contributed by atoms with E-state index >= 15 is 0 Å². The van der Waals surface area contributed by atoms with Crippen LogP contribution in [0.2, 0.25) is 0 Å². The van der Waals surface area contributed by atoms with Crippen molar-refractivity contribution in [1.82, 2.24) is 4.98 Å². The molecular weight excluding hydrogens is 234 g/mol. The van der Waals surface area contributed by atoms with E-state index in [9.17, 15) is 0 Å². The van der Waals surface area contributed by atoms with Crippen molar-refractivity contribution in [1.29, 1.82) is 0 Å². The molecule has 3 heteroatoms. The molecule has 98 valence electrons. The first-order valence-electron chi connectivity index (χ1n) is 6.88. The average Bonchev–Trinajstić information content (AvgIpc) is 2.88. The van der Waals surface area contributed by atoms with Gasteiger partial charge in [0, 0.05) is 17.9 Å². The number of pyridine rings is 1. The first kappa shape index (κ1) is 12.0. The van der Waals surface area contributed by atoms with Crippen LogP contribution in [0.1, 0.15) is 23.2 Å². The molecule has 1 aromatic heterocycles. The number of aryl methyl sites for hydroxylation is 2. The zero-order chi connectivity index (χ0) is 13.1. The van der Waals surface area contributed by atoms with E-state index in [0.29, 0.717) is 0 Å². The SMILES string of the molecule is Nc1ccc(CCNc2ccc3c(n2)CCC3)cc1. The number of nitrogens with two attached hydrogens (primary N) is 1. The summed E-state index contributed by atoms with van der Waals surface area (Å²) in [7, 11) is 0. The summed E-state index contributed by atoms with van der Waals surface area (Å²) in [6.45, 7) is 0.899. The summed E-state index contributed by atoms with van der Waals surface area (Å²) < 4.78 is 0. The van der Waals surface area contributed by atoms with Gasteiger partial charge in [-0.3, -0.25) is 0 Å². The van der Waals surface area contributed by atoms with E-state index in [0.717, 1.165) is 30.9 Å². The second-order valence-corrected chi connectivity index (χ2v) is 5.07. The topological polar surface area (TPSA) is 50.9 Å². The minimum absolute atomic E-state index is 0.817. The predicted molar refractivity (Wildman–Crippen MR) is 79.3 cm³/mol. The lowest BCUT2D eigenvalue weighted by Gasteiger charge is -2.07. The summed E-state index contributed by atoms with van der Waals surface area (Å²) in [5, 5.41) is 3.40. The molecule has 0 bridgehead atoms. The molecular formula is C16H19N3. The van der Waals surface area contributed by atoms with Crippen LogP contribution in [0, 0.1) is 0 Å². The molecule has 3 nitrogen and oxygen atoms in total. The standard InChI is InChI=1S/C16H19N3/c17-14-7-4-12(5-8-14)10-11-18-16-9-6-13-2-1-3-15(13)19-16/h4-9H,1-3,10-11,17H2,(H,18,19). The van der Waals surface area contributed by atoms with E-state index < -0.39 is 0 Å². The highest BCUT2D eigenvalue weighted by molar-refractivity contribution is 5.41. The van der Waals surface area contributed by atoms with Crippen molar-refractivity contribution in [3.63, 3.8) is 0 Å². The fourth-order valence-electron chi connectivity index (χ4n) is 2.54. The summed E-state index contributed by atoms with van der Waals surface area (Å²) in [4.78, 5) is 4.67. The molecule has 3 N–H and O–H groups in total. The molecule has 0 amide bonds. The Morgan fingerprint density at radius 3 is 2.74 bits per heavy atom. The summed E-state index contributed by atoms with van der Waals surface area (Å²) in [6.07, 6.45) is 4.55. The Balaban J connectivity index is 1.56. The minimum atomic E-state index is 0.817. The lowest BCUT2D eigenvalue weighted by molar-refractivity contribution is 0.898. The van der Waals surface area contributed by atoms with Crippen molar-refractivity contribution in [2.45, 2.75) is 25.7 Å². The van der Waals surface area contributed by atoms with Crippen molar-refractivity contribution in [3.05, 3.63) is 53.2 Å². The van der Waals surface area contributed by atoms with Crippen molar-refractivity contribution in [2.24, 2.45) is 0 Å². The van der Waals surface area contributed by atoms with E-state index in [-0.39, 0.29) is 0 Å². The van der Waals surface area contributed by atoms with Crippen molar-refractivity contribution in [3.8, 4) is 0 Å². The van der Waals surface area contributed by atoms with Gasteiger partial charge in [0.05, 0.1) is 0 Å². The van der Waals surface area contributed by atoms with Gasteiger partial charge < -0.3 is 11.1 Å². The van der Waals surface area contributed by atoms with Crippen LogP contribution in [0.3, 0.4) is 0 Å². The monoisotopic (exact) mass is 253 g/mol. The summed E-state index contributed by atoms with van der Waals surface area (Å²) in [5.41, 5.74) is 10.5. The number of nitrogen functional groups attached to an aromatic ring is 1. The van der Waals surface area contributed by atoms with E-state index in [4.69, 9.17) is 5.73 Å². The summed E-state index contributed by atoms with van der Waals surface area (Å²) in [5.74, 6) is 0.996. The Kier molecular flexibility index (Phi) is 3.36. The number of nitrogens with one attached hydrogen (secondary N) is 1. The molecule has 0 saturated carbocycles. The van der Waals surface area contributed by atoms with E-state index in [1.807, 2.05) is 12.1 Å². The highest BCUT2D eigenvalue weighted by Gasteiger charge is 2.11. The number of nitrogens with zero attached hydrogens (tertiary/aromatic N) is 1. The molecule has 19 heavy (non-hydrogen) atoms. The van der Waals surface area contributed by atoms with Gasteiger partial charge in [0.25, 0.3) is 0 Å². The van der Waals surface area contributed by atoms with Crippen LogP contribution in [0.4, 0.5) is 11.5 Å². The highest BCUT2D eigenvalue weighted by atomic mass is 15.0. The van der Waals surface area contributed by atoms with Crippen LogP contribution < -0.4 is 11.1 Å². The van der Waals surface area contributed by atoms with Gasteiger partial charge in [-0.2, -0.15) is 0 Å². The summed E-state index contributed by atoms with van der Waals surface area (Å²) >= 11 is 0. The van der Waals surface area contributed by atoms with Gasteiger partial charge in [0.2, 0.25) is 0 Å². The number of hydrogen-bond donors (Lipinski definition) is 2. The molecule has 0 aliphatic heterocycles. The van der Waals surface area contributed by atoms with Gasteiger partial charge >= 0.3 is 0 Å². The second kappa shape index (κ2) is 5.31. The third kappa shape index (κ3) is 2.87. The second-order valence-electron chi connectivity index (χ2n) is 5.07. The van der Waals surface area contributed by atoms with E-state index in [2.05, 4.69) is 34.6 Å². The van der Waals surface area contributed by atoms with Crippen LogP contribution in [0.25, 0.3) is 0 Å². The summed E-state index contributed by atoms with van der Waals surface area (Å²) in [6, 6.07) is 12.3. The number of rotatable bonds is 4. The molecule has 1 aliphatic carbocycles. The number of fused-ring (bicyclic) bond motifs is 1. The van der Waals surface area contributed by atoms with Crippen LogP contribution in [0.5, 0.6) is 0 Å². The lowest BCUT2D eigenvalue weighted by atomic mass is 10.1. The number of aromatic nitrogens is 1. The number of benzene rings is 1. The lowest BCUT2D eigenvalue weighted by Crippen LogP contribution is -2.07. The molecule has 1 aliphatic rings. The van der Waals surface area contributed by atoms with Gasteiger partial charge in [0.1, 0.15) is 5.82 Å². The van der Waals surface area contributed by atoms with Crippen LogP contribution in [0.15, 0.2) is 36.4 Å². The molecule has 0 unspecified atom stereocenters.